The highest BCUT2D eigenvalue weighted by Crippen LogP contribution is 2.45. The van der Waals surface area contributed by atoms with Gasteiger partial charge in [0.25, 0.3) is 0 Å². The lowest BCUT2D eigenvalue weighted by molar-refractivity contribution is 1.07. The van der Waals surface area contributed by atoms with Gasteiger partial charge in [-0.15, -0.1) is 0 Å². The third kappa shape index (κ3) is 6.20. The van der Waals surface area contributed by atoms with Crippen LogP contribution < -0.4 is 0 Å². The van der Waals surface area contributed by atoms with Gasteiger partial charge in [-0.1, -0.05) is 115 Å². The zero-order valence-corrected chi connectivity index (χ0v) is 35.2. The van der Waals surface area contributed by atoms with Crippen LogP contribution in [0.5, 0.6) is 0 Å². The molecule has 8 aromatic carbocycles. The number of hydrogen-bond acceptors (Lipinski definition) is 7. The molecule has 9 heteroatoms. The highest BCUT2D eigenvalue weighted by molar-refractivity contribution is 6.13. The fourth-order valence-electron chi connectivity index (χ4n) is 9.26. The summed E-state index contributed by atoms with van der Waals surface area (Å²) in [5.74, 6) is 1.62. The smallest absolute Gasteiger partial charge is 0.166 e. The second-order valence-electron chi connectivity index (χ2n) is 15.8. The summed E-state index contributed by atoms with van der Waals surface area (Å²) in [5.41, 5.74) is 13.8. The SMILES string of the molecule is C=Nc1c(-c2nc(-c3ccccc3)nc(-c3ccccc3)n2)ccc(-n2c3ccccc3c3cc(-c4ccc5c(c4)c4ccccc4n5-c4cccc5nccnc45)ccc32)c1/N=C\C. The van der Waals surface area contributed by atoms with E-state index < -0.39 is 0 Å². The molecule has 0 radical (unpaired) electrons. The third-order valence-electron chi connectivity index (χ3n) is 12.1. The lowest BCUT2D eigenvalue weighted by atomic mass is 10.0. The van der Waals surface area contributed by atoms with Crippen molar-refractivity contribution in [2.24, 2.45) is 9.98 Å². The van der Waals surface area contributed by atoms with Crippen LogP contribution >= 0.6 is 0 Å². The normalized spacial score (nSPS) is 11.8. The van der Waals surface area contributed by atoms with E-state index in [0.717, 1.165) is 82.9 Å². The number of aromatic nitrogens is 7. The molecule has 0 fully saturated rings. The van der Waals surface area contributed by atoms with E-state index in [9.17, 15) is 0 Å². The van der Waals surface area contributed by atoms with Gasteiger partial charge >= 0.3 is 0 Å². The van der Waals surface area contributed by atoms with E-state index in [1.165, 1.54) is 5.39 Å². The summed E-state index contributed by atoms with van der Waals surface area (Å²) in [4.78, 5) is 34.0. The zero-order valence-electron chi connectivity index (χ0n) is 35.2. The standard InChI is InChI=1S/C56H37N9/c1-3-58-53-50(30-27-41(51(53)57-2)56-62-54(35-15-6-4-7-16-35)61-55(63-56)36-17-8-5-9-18-36)65-46-23-13-11-20-40(46)43-34-38(26-29-48(43)65)37-25-28-47-42(33-37)39-19-10-12-22-45(39)64(47)49-24-14-21-44-52(49)60-32-31-59-44/h3-34H,2H2,1H3/b58-3-. The monoisotopic (exact) mass is 835 g/mol. The van der Waals surface area contributed by atoms with E-state index in [0.29, 0.717) is 34.4 Å². The molecule has 0 saturated heterocycles. The van der Waals surface area contributed by atoms with Gasteiger partial charge in [0.15, 0.2) is 17.5 Å². The van der Waals surface area contributed by atoms with E-state index in [4.69, 9.17) is 24.9 Å². The predicted octanol–water partition coefficient (Wildman–Crippen LogP) is 13.7. The van der Waals surface area contributed by atoms with E-state index in [-0.39, 0.29) is 0 Å². The van der Waals surface area contributed by atoms with Crippen LogP contribution in [0.1, 0.15) is 6.92 Å². The van der Waals surface area contributed by atoms with Gasteiger partial charge in [-0.2, -0.15) is 0 Å². The number of para-hydroxylation sites is 3. The molecule has 0 spiro atoms. The lowest BCUT2D eigenvalue weighted by Crippen LogP contribution is -2.01. The van der Waals surface area contributed by atoms with Crippen LogP contribution in [0.15, 0.2) is 198 Å². The second kappa shape index (κ2) is 15.4. The molecule has 65 heavy (non-hydrogen) atoms. The summed E-state index contributed by atoms with van der Waals surface area (Å²) in [6, 6.07) is 60.8. The number of nitrogens with zero attached hydrogens (tertiary/aromatic N) is 9. The minimum atomic E-state index is 0.483. The van der Waals surface area contributed by atoms with E-state index in [2.05, 4.69) is 123 Å². The maximum absolute atomic E-state index is 5.03. The molecule has 0 bridgehead atoms. The Bertz CT molecular complexity index is 3800. The third-order valence-corrected chi connectivity index (χ3v) is 12.1. The molecule has 0 N–H and O–H groups in total. The van der Waals surface area contributed by atoms with E-state index >= 15 is 0 Å². The highest BCUT2D eigenvalue weighted by Gasteiger charge is 2.23. The van der Waals surface area contributed by atoms with E-state index in [1.54, 1.807) is 18.6 Å². The van der Waals surface area contributed by atoms with Crippen molar-refractivity contribution >= 4 is 79.0 Å². The van der Waals surface area contributed by atoms with Crippen LogP contribution in [0.3, 0.4) is 0 Å². The van der Waals surface area contributed by atoms with Crippen LogP contribution in [0.4, 0.5) is 11.4 Å². The summed E-state index contributed by atoms with van der Waals surface area (Å²) in [5, 5.41) is 4.58. The summed E-state index contributed by atoms with van der Waals surface area (Å²) in [7, 11) is 0. The van der Waals surface area contributed by atoms with Crippen LogP contribution in [-0.4, -0.2) is 47.0 Å². The van der Waals surface area contributed by atoms with Gasteiger partial charge in [-0.25, -0.2) is 15.0 Å². The van der Waals surface area contributed by atoms with Gasteiger partial charge in [-0.05, 0) is 85.4 Å². The Hall–Kier alpha value is -8.95. The minimum Gasteiger partial charge on any atom is -0.307 e. The first-order valence-corrected chi connectivity index (χ1v) is 21.4. The topological polar surface area (TPSA) is 99.0 Å². The van der Waals surface area contributed by atoms with Gasteiger partial charge in [-0.3, -0.25) is 20.0 Å². The van der Waals surface area contributed by atoms with Crippen LogP contribution in [0, 0.1) is 0 Å². The molecule has 9 nitrogen and oxygen atoms in total. The Kier molecular flexibility index (Phi) is 8.98. The van der Waals surface area contributed by atoms with Crippen molar-refractivity contribution in [1.82, 2.24) is 34.1 Å². The molecular weight excluding hydrogens is 799 g/mol. The molecule has 0 aliphatic carbocycles. The first-order valence-electron chi connectivity index (χ1n) is 21.4. The quantitative estimate of drug-likeness (QED) is 0.142. The largest absolute Gasteiger partial charge is 0.307 e. The van der Waals surface area contributed by atoms with Gasteiger partial charge in [0.2, 0.25) is 0 Å². The lowest BCUT2D eigenvalue weighted by Gasteiger charge is -2.16. The summed E-state index contributed by atoms with van der Waals surface area (Å²) >= 11 is 0. The Morgan fingerprint density at radius 3 is 1.58 bits per heavy atom. The van der Waals surface area contributed by atoms with E-state index in [1.807, 2.05) is 85.8 Å². The Morgan fingerprint density at radius 1 is 0.446 bits per heavy atom. The molecule has 12 rings (SSSR count). The summed E-state index contributed by atoms with van der Waals surface area (Å²) in [6.07, 6.45) is 5.29. The summed E-state index contributed by atoms with van der Waals surface area (Å²) < 4.78 is 4.58. The number of rotatable bonds is 8. The highest BCUT2D eigenvalue weighted by atomic mass is 15.1. The summed E-state index contributed by atoms with van der Waals surface area (Å²) in [6.45, 7) is 5.99. The first-order chi connectivity index (χ1) is 32.2. The Morgan fingerprint density at radius 2 is 0.985 bits per heavy atom. The van der Waals surface area contributed by atoms with Crippen molar-refractivity contribution in [3.8, 4) is 56.7 Å². The number of fused-ring (bicyclic) bond motifs is 7. The van der Waals surface area contributed by atoms with Gasteiger partial charge < -0.3 is 9.13 Å². The van der Waals surface area contributed by atoms with Crippen molar-refractivity contribution in [2.75, 3.05) is 0 Å². The van der Waals surface area contributed by atoms with Crippen molar-refractivity contribution in [3.05, 3.63) is 188 Å². The molecule has 4 heterocycles. The predicted molar refractivity (Wildman–Crippen MR) is 266 cm³/mol. The minimum absolute atomic E-state index is 0.483. The maximum Gasteiger partial charge on any atom is 0.166 e. The molecule has 0 aliphatic heterocycles. The molecule has 12 aromatic rings. The maximum atomic E-state index is 5.03. The Balaban J connectivity index is 1.02. The second-order valence-corrected chi connectivity index (χ2v) is 15.8. The zero-order chi connectivity index (χ0) is 43.4. The van der Waals surface area contributed by atoms with Crippen molar-refractivity contribution in [2.45, 2.75) is 6.92 Å². The molecule has 0 unspecified atom stereocenters. The van der Waals surface area contributed by atoms with Gasteiger partial charge in [0, 0.05) is 56.8 Å². The van der Waals surface area contributed by atoms with Crippen LogP contribution in [-0.2, 0) is 0 Å². The van der Waals surface area contributed by atoms with Crippen LogP contribution in [0.25, 0.3) is 111 Å². The average Bonchev–Trinajstić information content (AvgIpc) is 3.88. The number of aliphatic imine (C=N–C) groups is 2. The Labute approximate surface area is 373 Å². The molecule has 0 atom stereocenters. The number of hydrogen-bond donors (Lipinski definition) is 0. The average molecular weight is 836 g/mol. The van der Waals surface area contributed by atoms with Gasteiger partial charge in [0.05, 0.1) is 39.0 Å². The molecular formula is C56H37N9. The van der Waals surface area contributed by atoms with Crippen LogP contribution in [0.2, 0.25) is 0 Å². The molecule has 306 valence electrons. The van der Waals surface area contributed by atoms with Crippen molar-refractivity contribution in [1.29, 1.82) is 0 Å². The van der Waals surface area contributed by atoms with Crippen molar-refractivity contribution in [3.63, 3.8) is 0 Å². The van der Waals surface area contributed by atoms with Gasteiger partial charge in [0.1, 0.15) is 16.9 Å². The first kappa shape index (κ1) is 37.8. The molecule has 4 aromatic heterocycles. The fraction of sp³-hybridized carbons (Fsp3) is 0.0179. The molecule has 0 amide bonds. The molecule has 0 saturated carbocycles. The number of benzene rings is 8. The van der Waals surface area contributed by atoms with Crippen molar-refractivity contribution < 1.29 is 0 Å². The fourth-order valence-corrected chi connectivity index (χ4v) is 9.26. The molecule has 0 aliphatic rings.